The zero-order chi connectivity index (χ0) is 13.2. The van der Waals surface area contributed by atoms with Gasteiger partial charge in [0.1, 0.15) is 11.6 Å². The van der Waals surface area contributed by atoms with Gasteiger partial charge < -0.3 is 5.32 Å². The van der Waals surface area contributed by atoms with Crippen LogP contribution in [0.3, 0.4) is 0 Å². The molecular formula is C15H19N3S. The Morgan fingerprint density at radius 1 is 1.26 bits per heavy atom. The maximum Gasteiger partial charge on any atom is 0.130 e. The summed E-state index contributed by atoms with van der Waals surface area (Å²) in [4.78, 5) is 11.8. The van der Waals surface area contributed by atoms with Crippen LogP contribution in [0.5, 0.6) is 0 Å². The summed E-state index contributed by atoms with van der Waals surface area (Å²) in [5.41, 5.74) is 2.67. The second kappa shape index (κ2) is 5.29. The molecule has 0 saturated heterocycles. The van der Waals surface area contributed by atoms with Crippen molar-refractivity contribution in [1.82, 2.24) is 9.97 Å². The molecule has 0 saturated carbocycles. The van der Waals surface area contributed by atoms with E-state index in [0.717, 1.165) is 30.3 Å². The van der Waals surface area contributed by atoms with E-state index in [-0.39, 0.29) is 0 Å². The standard InChI is InChI=1S/C15H19N3S/c1-3-12-8-15(18-10(2)17-12)16-9-13-7-11-5-4-6-14(11)19-13/h7-8H,3-6,9H2,1-2H3,(H,16,17,18). The van der Waals surface area contributed by atoms with E-state index < -0.39 is 0 Å². The third-order valence-electron chi connectivity index (χ3n) is 3.49. The third kappa shape index (κ3) is 2.78. The van der Waals surface area contributed by atoms with Gasteiger partial charge in [0.2, 0.25) is 0 Å². The van der Waals surface area contributed by atoms with Gasteiger partial charge >= 0.3 is 0 Å². The number of aromatic nitrogens is 2. The normalized spacial score (nSPS) is 13.6. The molecule has 2 aromatic heterocycles. The molecule has 3 rings (SSSR count). The lowest BCUT2D eigenvalue weighted by molar-refractivity contribution is 0.913. The highest BCUT2D eigenvalue weighted by atomic mass is 32.1. The highest BCUT2D eigenvalue weighted by Gasteiger charge is 2.14. The van der Waals surface area contributed by atoms with Crippen LogP contribution < -0.4 is 5.32 Å². The van der Waals surface area contributed by atoms with Crippen LogP contribution in [-0.2, 0) is 25.8 Å². The smallest absolute Gasteiger partial charge is 0.130 e. The van der Waals surface area contributed by atoms with Gasteiger partial charge in [0.05, 0.1) is 6.54 Å². The Bertz CT molecular complexity index is 568. The van der Waals surface area contributed by atoms with Crippen LogP contribution in [0, 0.1) is 6.92 Å². The summed E-state index contributed by atoms with van der Waals surface area (Å²) < 4.78 is 0. The topological polar surface area (TPSA) is 37.8 Å². The molecule has 1 aliphatic rings. The molecule has 1 N–H and O–H groups in total. The molecule has 2 heterocycles. The molecule has 0 unspecified atom stereocenters. The first-order valence-corrected chi connectivity index (χ1v) is 7.75. The summed E-state index contributed by atoms with van der Waals surface area (Å²) in [6, 6.07) is 4.41. The van der Waals surface area contributed by atoms with Crippen LogP contribution in [0.4, 0.5) is 5.82 Å². The Morgan fingerprint density at radius 3 is 2.95 bits per heavy atom. The molecule has 1 aliphatic carbocycles. The van der Waals surface area contributed by atoms with Crippen molar-refractivity contribution in [2.45, 2.75) is 46.1 Å². The van der Waals surface area contributed by atoms with Crippen molar-refractivity contribution in [3.05, 3.63) is 39.0 Å². The van der Waals surface area contributed by atoms with E-state index >= 15 is 0 Å². The van der Waals surface area contributed by atoms with E-state index in [4.69, 9.17) is 0 Å². The maximum absolute atomic E-state index is 4.44. The predicted octanol–water partition coefficient (Wildman–Crippen LogP) is 3.51. The zero-order valence-corrected chi connectivity index (χ0v) is 12.3. The Hall–Kier alpha value is -1.42. The summed E-state index contributed by atoms with van der Waals surface area (Å²) in [7, 11) is 0. The number of thiophene rings is 1. The number of hydrogen-bond donors (Lipinski definition) is 1. The molecule has 19 heavy (non-hydrogen) atoms. The highest BCUT2D eigenvalue weighted by molar-refractivity contribution is 7.12. The average molecular weight is 273 g/mol. The van der Waals surface area contributed by atoms with Crippen molar-refractivity contribution < 1.29 is 0 Å². The molecule has 100 valence electrons. The van der Waals surface area contributed by atoms with Crippen LogP contribution in [0.1, 0.15) is 40.2 Å². The number of hydrogen-bond acceptors (Lipinski definition) is 4. The van der Waals surface area contributed by atoms with Gasteiger partial charge in [-0.25, -0.2) is 9.97 Å². The largest absolute Gasteiger partial charge is 0.365 e. The quantitative estimate of drug-likeness (QED) is 0.926. The van der Waals surface area contributed by atoms with Gasteiger partial charge in [-0.05, 0) is 44.2 Å². The minimum Gasteiger partial charge on any atom is -0.365 e. The molecule has 0 amide bonds. The number of rotatable bonds is 4. The summed E-state index contributed by atoms with van der Waals surface area (Å²) in [5.74, 6) is 1.79. The Kier molecular flexibility index (Phi) is 3.51. The summed E-state index contributed by atoms with van der Waals surface area (Å²) >= 11 is 1.95. The Labute approximate surface area is 118 Å². The van der Waals surface area contributed by atoms with E-state index in [9.17, 15) is 0 Å². The second-order valence-electron chi connectivity index (χ2n) is 5.01. The van der Waals surface area contributed by atoms with Crippen molar-refractivity contribution >= 4 is 17.2 Å². The van der Waals surface area contributed by atoms with Gasteiger partial charge in [-0.15, -0.1) is 11.3 Å². The molecule has 0 aliphatic heterocycles. The molecule has 0 bridgehead atoms. The minimum absolute atomic E-state index is 0.843. The van der Waals surface area contributed by atoms with Crippen molar-refractivity contribution in [2.75, 3.05) is 5.32 Å². The first-order chi connectivity index (χ1) is 9.24. The molecular weight excluding hydrogens is 254 g/mol. The molecule has 0 fully saturated rings. The van der Waals surface area contributed by atoms with Gasteiger partial charge in [0.15, 0.2) is 0 Å². The van der Waals surface area contributed by atoms with Gasteiger partial charge in [-0.3, -0.25) is 0 Å². The van der Waals surface area contributed by atoms with E-state index in [0.29, 0.717) is 0 Å². The van der Waals surface area contributed by atoms with Gasteiger partial charge in [-0.2, -0.15) is 0 Å². The fourth-order valence-electron chi connectivity index (χ4n) is 2.56. The zero-order valence-electron chi connectivity index (χ0n) is 11.5. The SMILES string of the molecule is CCc1cc(NCc2cc3c(s2)CCC3)nc(C)n1. The van der Waals surface area contributed by atoms with Gasteiger partial charge in [0.25, 0.3) is 0 Å². The van der Waals surface area contributed by atoms with Gasteiger partial charge in [-0.1, -0.05) is 6.92 Å². The van der Waals surface area contributed by atoms with E-state index in [1.165, 1.54) is 24.1 Å². The van der Waals surface area contributed by atoms with Crippen LogP contribution in [-0.4, -0.2) is 9.97 Å². The average Bonchev–Trinajstić information content (AvgIpc) is 2.96. The van der Waals surface area contributed by atoms with E-state index in [1.54, 1.807) is 10.4 Å². The van der Waals surface area contributed by atoms with Gasteiger partial charge in [0, 0.05) is 21.5 Å². The molecule has 0 radical (unpaired) electrons. The van der Waals surface area contributed by atoms with E-state index in [2.05, 4.69) is 28.3 Å². The Balaban J connectivity index is 1.69. The summed E-state index contributed by atoms with van der Waals surface area (Å²) in [6.45, 7) is 4.94. The number of fused-ring (bicyclic) bond motifs is 1. The lowest BCUT2D eigenvalue weighted by Crippen LogP contribution is -2.03. The maximum atomic E-state index is 4.44. The van der Waals surface area contributed by atoms with E-state index in [1.807, 2.05) is 24.3 Å². The van der Waals surface area contributed by atoms with Crippen LogP contribution in [0.15, 0.2) is 12.1 Å². The third-order valence-corrected chi connectivity index (χ3v) is 4.73. The number of aryl methyl sites for hydroxylation is 4. The van der Waals surface area contributed by atoms with Crippen LogP contribution >= 0.6 is 11.3 Å². The minimum atomic E-state index is 0.843. The van der Waals surface area contributed by atoms with Crippen molar-refractivity contribution in [2.24, 2.45) is 0 Å². The molecule has 3 nitrogen and oxygen atoms in total. The van der Waals surface area contributed by atoms with Crippen LogP contribution in [0.25, 0.3) is 0 Å². The first-order valence-electron chi connectivity index (χ1n) is 6.93. The van der Waals surface area contributed by atoms with Crippen molar-refractivity contribution in [3.63, 3.8) is 0 Å². The second-order valence-corrected chi connectivity index (χ2v) is 6.23. The lowest BCUT2D eigenvalue weighted by Gasteiger charge is -2.06. The molecule has 2 aromatic rings. The number of nitrogens with zero attached hydrogens (tertiary/aromatic N) is 2. The first kappa shape index (κ1) is 12.6. The fourth-order valence-corrected chi connectivity index (χ4v) is 3.76. The fraction of sp³-hybridized carbons (Fsp3) is 0.467. The highest BCUT2D eigenvalue weighted by Crippen LogP contribution is 2.30. The summed E-state index contributed by atoms with van der Waals surface area (Å²) in [6.07, 6.45) is 4.82. The Morgan fingerprint density at radius 2 is 2.16 bits per heavy atom. The summed E-state index contributed by atoms with van der Waals surface area (Å²) in [5, 5.41) is 3.42. The number of anilines is 1. The van der Waals surface area contributed by atoms with Crippen molar-refractivity contribution in [1.29, 1.82) is 0 Å². The molecule has 4 heteroatoms. The lowest BCUT2D eigenvalue weighted by atomic mass is 10.2. The number of nitrogens with one attached hydrogen (secondary N) is 1. The molecule has 0 aromatic carbocycles. The molecule has 0 atom stereocenters. The predicted molar refractivity (Wildman–Crippen MR) is 79.8 cm³/mol. The molecule has 0 spiro atoms. The van der Waals surface area contributed by atoms with Crippen LogP contribution in [0.2, 0.25) is 0 Å². The monoisotopic (exact) mass is 273 g/mol. The van der Waals surface area contributed by atoms with Crippen molar-refractivity contribution in [3.8, 4) is 0 Å².